The minimum Gasteiger partial charge on any atom is -0.462 e. The van der Waals surface area contributed by atoms with E-state index >= 15 is 0 Å². The molecule has 2 amide bonds. The molecule has 0 aliphatic heterocycles. The van der Waals surface area contributed by atoms with E-state index in [1.165, 1.54) is 0 Å². The number of nitrogens with two attached hydrogens (primary N) is 1. The number of aryl methyl sites for hydroxylation is 1. The summed E-state index contributed by atoms with van der Waals surface area (Å²) in [5.74, 6) is -1.14. The molecule has 30 heavy (non-hydrogen) atoms. The van der Waals surface area contributed by atoms with Crippen LogP contribution in [0.2, 0.25) is 0 Å². The summed E-state index contributed by atoms with van der Waals surface area (Å²) in [5, 5.41) is 3.21. The zero-order chi connectivity index (χ0) is 22.3. The Kier molecular flexibility index (Phi) is 8.41. The molecule has 1 heterocycles. The molecule has 1 aromatic heterocycles. The maximum atomic E-state index is 12.3. The SMILES string of the molecule is CCCCOC(=O)c1ccc(NC(=O)CSc2nc(C)c(C)c(C)c2C(N)=O)cc1. The number of amides is 2. The normalized spacial score (nSPS) is 10.5. The molecule has 7 nitrogen and oxygen atoms in total. The first-order chi connectivity index (χ1) is 14.2. The second-order valence-electron chi connectivity index (χ2n) is 6.90. The summed E-state index contributed by atoms with van der Waals surface area (Å²) in [6.07, 6.45) is 1.78. The molecule has 0 bridgehead atoms. The second-order valence-corrected chi connectivity index (χ2v) is 7.86. The smallest absolute Gasteiger partial charge is 0.338 e. The monoisotopic (exact) mass is 429 g/mol. The summed E-state index contributed by atoms with van der Waals surface area (Å²) in [4.78, 5) is 40.5. The van der Waals surface area contributed by atoms with Gasteiger partial charge in [-0.2, -0.15) is 0 Å². The molecular formula is C22H27N3O4S. The second kappa shape index (κ2) is 10.8. The standard InChI is InChI=1S/C22H27N3O4S/c1-5-6-11-29-22(28)16-7-9-17(10-8-16)25-18(26)12-30-21-19(20(23)27)14(3)13(2)15(4)24-21/h7-10H,5-6,11-12H2,1-4H3,(H2,23,27)(H,25,26). The third-order valence-corrected chi connectivity index (χ3v) is 5.66. The highest BCUT2D eigenvalue weighted by atomic mass is 32.2. The molecule has 8 heteroatoms. The van der Waals surface area contributed by atoms with Gasteiger partial charge >= 0.3 is 5.97 Å². The van der Waals surface area contributed by atoms with Crippen molar-refractivity contribution in [2.75, 3.05) is 17.7 Å². The van der Waals surface area contributed by atoms with Crippen molar-refractivity contribution < 1.29 is 19.1 Å². The van der Waals surface area contributed by atoms with Crippen molar-refractivity contribution in [2.24, 2.45) is 5.73 Å². The fourth-order valence-electron chi connectivity index (χ4n) is 2.72. The van der Waals surface area contributed by atoms with Crippen LogP contribution in [0.3, 0.4) is 0 Å². The fourth-order valence-corrected chi connectivity index (χ4v) is 3.66. The Bertz CT molecular complexity index is 942. The molecule has 1 aromatic carbocycles. The maximum Gasteiger partial charge on any atom is 0.338 e. The predicted molar refractivity (Wildman–Crippen MR) is 118 cm³/mol. The highest BCUT2D eigenvalue weighted by molar-refractivity contribution is 8.00. The lowest BCUT2D eigenvalue weighted by Gasteiger charge is -2.13. The highest BCUT2D eigenvalue weighted by Gasteiger charge is 2.18. The van der Waals surface area contributed by atoms with Gasteiger partial charge in [-0.25, -0.2) is 9.78 Å². The summed E-state index contributed by atoms with van der Waals surface area (Å²) >= 11 is 1.16. The van der Waals surface area contributed by atoms with E-state index in [2.05, 4.69) is 10.3 Å². The number of thioether (sulfide) groups is 1. The van der Waals surface area contributed by atoms with Crippen LogP contribution in [0, 0.1) is 20.8 Å². The van der Waals surface area contributed by atoms with E-state index in [9.17, 15) is 14.4 Å². The van der Waals surface area contributed by atoms with Gasteiger partial charge in [-0.15, -0.1) is 0 Å². The van der Waals surface area contributed by atoms with Gasteiger partial charge < -0.3 is 15.8 Å². The van der Waals surface area contributed by atoms with Gasteiger partial charge in [0.15, 0.2) is 0 Å². The summed E-state index contributed by atoms with van der Waals surface area (Å²) < 4.78 is 5.16. The van der Waals surface area contributed by atoms with Gasteiger partial charge in [0.2, 0.25) is 5.91 Å². The van der Waals surface area contributed by atoms with Gasteiger partial charge in [-0.3, -0.25) is 9.59 Å². The van der Waals surface area contributed by atoms with E-state index < -0.39 is 5.91 Å². The first-order valence-electron chi connectivity index (χ1n) is 9.72. The molecule has 0 radical (unpaired) electrons. The van der Waals surface area contributed by atoms with E-state index in [1.54, 1.807) is 24.3 Å². The molecule has 0 fully saturated rings. The number of pyridine rings is 1. The number of esters is 1. The number of unbranched alkanes of at least 4 members (excludes halogenated alkanes) is 1. The predicted octanol–water partition coefficient (Wildman–Crippen LogP) is 3.79. The minimum absolute atomic E-state index is 0.0655. The first-order valence-corrected chi connectivity index (χ1v) is 10.7. The molecule has 2 rings (SSSR count). The van der Waals surface area contributed by atoms with E-state index in [0.29, 0.717) is 28.4 Å². The van der Waals surface area contributed by atoms with Crippen molar-refractivity contribution in [2.45, 2.75) is 45.6 Å². The number of hydrogen-bond acceptors (Lipinski definition) is 6. The van der Waals surface area contributed by atoms with Crippen molar-refractivity contribution in [3.8, 4) is 0 Å². The number of rotatable bonds is 9. The number of ether oxygens (including phenoxy) is 1. The topological polar surface area (TPSA) is 111 Å². The van der Waals surface area contributed by atoms with Crippen LogP contribution < -0.4 is 11.1 Å². The van der Waals surface area contributed by atoms with Crippen LogP contribution in [0.25, 0.3) is 0 Å². The molecule has 0 saturated heterocycles. The molecule has 160 valence electrons. The molecule has 0 aliphatic rings. The quantitative estimate of drug-likeness (QED) is 0.356. The van der Waals surface area contributed by atoms with E-state index in [1.807, 2.05) is 27.7 Å². The summed E-state index contributed by atoms with van der Waals surface area (Å²) in [5.41, 5.74) is 9.33. The number of nitrogens with zero attached hydrogens (tertiary/aromatic N) is 1. The van der Waals surface area contributed by atoms with Gasteiger partial charge in [0.05, 0.1) is 23.5 Å². The maximum absolute atomic E-state index is 12.3. The Morgan fingerprint density at radius 2 is 1.77 bits per heavy atom. The number of anilines is 1. The van der Waals surface area contributed by atoms with Gasteiger partial charge in [0, 0.05) is 11.4 Å². The van der Waals surface area contributed by atoms with Crippen molar-refractivity contribution in [3.63, 3.8) is 0 Å². The number of nitrogens with one attached hydrogen (secondary N) is 1. The van der Waals surface area contributed by atoms with Crippen molar-refractivity contribution in [1.82, 2.24) is 4.98 Å². The highest BCUT2D eigenvalue weighted by Crippen LogP contribution is 2.27. The molecule has 0 spiro atoms. The molecule has 3 N–H and O–H groups in total. The van der Waals surface area contributed by atoms with E-state index in [0.717, 1.165) is 41.4 Å². The van der Waals surface area contributed by atoms with Gasteiger partial charge in [0.1, 0.15) is 5.03 Å². The average molecular weight is 430 g/mol. The average Bonchev–Trinajstić information content (AvgIpc) is 2.70. The number of benzene rings is 1. The fraction of sp³-hybridized carbons (Fsp3) is 0.364. The van der Waals surface area contributed by atoms with Crippen LogP contribution in [0.1, 0.15) is 57.3 Å². The van der Waals surface area contributed by atoms with E-state index in [-0.39, 0.29) is 17.6 Å². The third kappa shape index (κ3) is 6.06. The van der Waals surface area contributed by atoms with Crippen LogP contribution >= 0.6 is 11.8 Å². The minimum atomic E-state index is -0.563. The lowest BCUT2D eigenvalue weighted by molar-refractivity contribution is -0.113. The third-order valence-electron chi connectivity index (χ3n) is 4.69. The zero-order valence-electron chi connectivity index (χ0n) is 17.7. The number of carbonyl (C=O) groups is 3. The van der Waals surface area contributed by atoms with Gasteiger partial charge in [0.25, 0.3) is 5.91 Å². The van der Waals surface area contributed by atoms with E-state index in [4.69, 9.17) is 10.5 Å². The molecule has 0 atom stereocenters. The van der Waals surface area contributed by atoms with Crippen molar-refractivity contribution in [1.29, 1.82) is 0 Å². The lowest BCUT2D eigenvalue weighted by atomic mass is 10.0. The zero-order valence-corrected chi connectivity index (χ0v) is 18.5. The Hall–Kier alpha value is -2.87. The Labute approximate surface area is 180 Å². The van der Waals surface area contributed by atoms with Crippen LogP contribution in [0.4, 0.5) is 5.69 Å². The summed E-state index contributed by atoms with van der Waals surface area (Å²) in [7, 11) is 0. The van der Waals surface area contributed by atoms with Gasteiger partial charge in [-0.05, 0) is 62.6 Å². The number of hydrogen-bond donors (Lipinski definition) is 2. The van der Waals surface area contributed by atoms with Crippen LogP contribution in [0.15, 0.2) is 29.3 Å². The number of primary amides is 1. The first kappa shape index (κ1) is 23.4. The Balaban J connectivity index is 1.99. The Morgan fingerprint density at radius 3 is 2.37 bits per heavy atom. The molecule has 2 aromatic rings. The van der Waals surface area contributed by atoms with Crippen molar-refractivity contribution in [3.05, 3.63) is 52.2 Å². The van der Waals surface area contributed by atoms with Crippen molar-refractivity contribution >= 4 is 35.2 Å². The molecule has 0 aliphatic carbocycles. The number of carbonyl (C=O) groups excluding carboxylic acids is 3. The molecular weight excluding hydrogens is 402 g/mol. The van der Waals surface area contributed by atoms with Gasteiger partial charge in [-0.1, -0.05) is 25.1 Å². The molecule has 0 saturated carbocycles. The lowest BCUT2D eigenvalue weighted by Crippen LogP contribution is -2.18. The summed E-state index contributed by atoms with van der Waals surface area (Å²) in [6.45, 7) is 7.98. The van der Waals surface area contributed by atoms with Crippen LogP contribution in [-0.2, 0) is 9.53 Å². The van der Waals surface area contributed by atoms with Crippen LogP contribution in [0.5, 0.6) is 0 Å². The molecule has 0 unspecified atom stereocenters. The van der Waals surface area contributed by atoms with Crippen LogP contribution in [-0.4, -0.2) is 35.1 Å². The number of aromatic nitrogens is 1. The summed E-state index contributed by atoms with van der Waals surface area (Å²) in [6, 6.07) is 6.51. The largest absolute Gasteiger partial charge is 0.462 e. The Morgan fingerprint density at radius 1 is 1.10 bits per heavy atom.